The number of aryl methyl sites for hydroxylation is 3. The lowest BCUT2D eigenvalue weighted by molar-refractivity contribution is 0.344. The SMILES string of the molecule is CCCc1sc2nc(SCCOc3ccccc3)n(-c3ccc(CC)cc3)c(=O)c2c1C. The van der Waals surface area contributed by atoms with E-state index in [0.29, 0.717) is 17.5 Å². The van der Waals surface area contributed by atoms with Crippen LogP contribution in [0.1, 0.15) is 36.3 Å². The molecular formula is C26H28N2O2S2. The average molecular weight is 465 g/mol. The van der Waals surface area contributed by atoms with E-state index in [2.05, 4.69) is 32.9 Å². The van der Waals surface area contributed by atoms with Gasteiger partial charge in [0.15, 0.2) is 5.16 Å². The monoisotopic (exact) mass is 464 g/mol. The summed E-state index contributed by atoms with van der Waals surface area (Å²) in [7, 11) is 0. The molecule has 0 bridgehead atoms. The van der Waals surface area contributed by atoms with Crippen LogP contribution >= 0.6 is 23.1 Å². The van der Waals surface area contributed by atoms with E-state index in [9.17, 15) is 4.79 Å². The van der Waals surface area contributed by atoms with Crippen LogP contribution in [0.15, 0.2) is 64.5 Å². The molecule has 0 fully saturated rings. The van der Waals surface area contributed by atoms with E-state index in [1.165, 1.54) is 10.4 Å². The van der Waals surface area contributed by atoms with Crippen molar-refractivity contribution in [1.82, 2.24) is 9.55 Å². The van der Waals surface area contributed by atoms with Crippen LogP contribution in [0.3, 0.4) is 0 Å². The van der Waals surface area contributed by atoms with Crippen molar-refractivity contribution < 1.29 is 4.74 Å². The number of nitrogens with zero attached hydrogens (tertiary/aromatic N) is 2. The Kier molecular flexibility index (Phi) is 7.33. The Bertz CT molecular complexity index is 1250. The molecule has 0 saturated carbocycles. The summed E-state index contributed by atoms with van der Waals surface area (Å²) < 4.78 is 7.61. The number of hydrogen-bond donors (Lipinski definition) is 0. The van der Waals surface area contributed by atoms with Gasteiger partial charge >= 0.3 is 0 Å². The molecule has 166 valence electrons. The van der Waals surface area contributed by atoms with Gasteiger partial charge in [-0.1, -0.05) is 62.4 Å². The molecule has 0 aliphatic rings. The lowest BCUT2D eigenvalue weighted by Gasteiger charge is -2.13. The van der Waals surface area contributed by atoms with Gasteiger partial charge in [-0.15, -0.1) is 11.3 Å². The number of hydrogen-bond acceptors (Lipinski definition) is 5. The van der Waals surface area contributed by atoms with Gasteiger partial charge in [-0.25, -0.2) is 4.98 Å². The van der Waals surface area contributed by atoms with Gasteiger partial charge in [0.25, 0.3) is 5.56 Å². The summed E-state index contributed by atoms with van der Waals surface area (Å²) in [6.07, 6.45) is 3.00. The third-order valence-electron chi connectivity index (χ3n) is 5.44. The summed E-state index contributed by atoms with van der Waals surface area (Å²) in [5.41, 5.74) is 3.20. The Balaban J connectivity index is 1.70. The molecule has 4 rings (SSSR count). The van der Waals surface area contributed by atoms with Crippen molar-refractivity contribution in [2.45, 2.75) is 45.2 Å². The quantitative estimate of drug-likeness (QED) is 0.162. The van der Waals surface area contributed by atoms with Crippen molar-refractivity contribution in [2.75, 3.05) is 12.4 Å². The highest BCUT2D eigenvalue weighted by Gasteiger charge is 2.19. The first-order chi connectivity index (χ1) is 15.6. The average Bonchev–Trinajstić information content (AvgIpc) is 3.13. The first-order valence-corrected chi connectivity index (χ1v) is 12.9. The highest BCUT2D eigenvalue weighted by Crippen LogP contribution is 2.31. The van der Waals surface area contributed by atoms with E-state index in [-0.39, 0.29) is 5.56 Å². The van der Waals surface area contributed by atoms with Crippen LogP contribution in [0, 0.1) is 6.92 Å². The minimum atomic E-state index is 0.0156. The summed E-state index contributed by atoms with van der Waals surface area (Å²) in [6.45, 7) is 6.89. The molecule has 2 aromatic heterocycles. The van der Waals surface area contributed by atoms with Crippen LogP contribution in [0.5, 0.6) is 5.75 Å². The zero-order chi connectivity index (χ0) is 22.5. The highest BCUT2D eigenvalue weighted by atomic mass is 32.2. The molecule has 0 atom stereocenters. The lowest BCUT2D eigenvalue weighted by atomic mass is 10.1. The summed E-state index contributed by atoms with van der Waals surface area (Å²) in [5.74, 6) is 1.55. The van der Waals surface area contributed by atoms with Gasteiger partial charge in [-0.3, -0.25) is 9.36 Å². The number of rotatable bonds is 9. The number of benzene rings is 2. The van der Waals surface area contributed by atoms with Crippen molar-refractivity contribution in [2.24, 2.45) is 0 Å². The second-order valence-corrected chi connectivity index (χ2v) is 9.79. The molecule has 0 saturated heterocycles. The van der Waals surface area contributed by atoms with Gasteiger partial charge in [0, 0.05) is 10.6 Å². The maximum atomic E-state index is 13.7. The van der Waals surface area contributed by atoms with Gasteiger partial charge in [0.05, 0.1) is 17.7 Å². The van der Waals surface area contributed by atoms with Gasteiger partial charge in [-0.2, -0.15) is 0 Å². The fourth-order valence-electron chi connectivity index (χ4n) is 3.69. The van der Waals surface area contributed by atoms with Crippen LogP contribution in [0.2, 0.25) is 0 Å². The van der Waals surface area contributed by atoms with E-state index in [1.807, 2.05) is 42.5 Å². The Morgan fingerprint density at radius 1 is 1.06 bits per heavy atom. The van der Waals surface area contributed by atoms with Gasteiger partial charge < -0.3 is 4.74 Å². The molecule has 32 heavy (non-hydrogen) atoms. The molecule has 0 aliphatic heterocycles. The van der Waals surface area contributed by atoms with Crippen molar-refractivity contribution in [3.05, 3.63) is 81.0 Å². The molecule has 2 heterocycles. The van der Waals surface area contributed by atoms with Gasteiger partial charge in [-0.05, 0) is 55.2 Å². The highest BCUT2D eigenvalue weighted by molar-refractivity contribution is 7.99. The molecule has 0 amide bonds. The lowest BCUT2D eigenvalue weighted by Crippen LogP contribution is -2.22. The Labute approximate surface area is 197 Å². The molecule has 0 aliphatic carbocycles. The Morgan fingerprint density at radius 2 is 1.81 bits per heavy atom. The van der Waals surface area contributed by atoms with Gasteiger partial charge in [0.2, 0.25) is 0 Å². The third-order valence-corrected chi connectivity index (χ3v) is 7.59. The maximum Gasteiger partial charge on any atom is 0.267 e. The minimum absolute atomic E-state index is 0.0156. The molecule has 0 spiro atoms. The van der Waals surface area contributed by atoms with E-state index in [0.717, 1.165) is 46.5 Å². The molecule has 4 nitrogen and oxygen atoms in total. The second kappa shape index (κ2) is 10.4. The number of fused-ring (bicyclic) bond motifs is 1. The van der Waals surface area contributed by atoms with Crippen LogP contribution in [-0.2, 0) is 12.8 Å². The second-order valence-electron chi connectivity index (χ2n) is 7.65. The predicted octanol–water partition coefficient (Wildman–Crippen LogP) is 6.44. The smallest absolute Gasteiger partial charge is 0.267 e. The van der Waals surface area contributed by atoms with E-state index in [4.69, 9.17) is 9.72 Å². The fraction of sp³-hybridized carbons (Fsp3) is 0.308. The Morgan fingerprint density at radius 3 is 2.50 bits per heavy atom. The minimum Gasteiger partial charge on any atom is -0.493 e. The zero-order valence-corrected chi connectivity index (χ0v) is 20.4. The molecule has 0 N–H and O–H groups in total. The molecule has 4 aromatic rings. The number of aromatic nitrogens is 2. The standard InChI is InChI=1S/C26H28N2O2S2/c1-4-9-22-18(3)23-24(32-22)27-26(31-17-16-30-21-10-7-6-8-11-21)28(25(23)29)20-14-12-19(5-2)13-15-20/h6-8,10-15H,4-5,9,16-17H2,1-3H3. The third kappa shape index (κ3) is 4.76. The number of thiophene rings is 1. The van der Waals surface area contributed by atoms with E-state index >= 15 is 0 Å². The van der Waals surface area contributed by atoms with Crippen molar-refractivity contribution in [1.29, 1.82) is 0 Å². The van der Waals surface area contributed by atoms with Crippen molar-refractivity contribution in [3.63, 3.8) is 0 Å². The molecule has 6 heteroatoms. The zero-order valence-electron chi connectivity index (χ0n) is 18.8. The normalized spacial score (nSPS) is 11.2. The number of ether oxygens (including phenoxy) is 1. The van der Waals surface area contributed by atoms with Crippen LogP contribution in [0.4, 0.5) is 0 Å². The molecular weight excluding hydrogens is 436 g/mol. The number of thioether (sulfide) groups is 1. The molecule has 2 aromatic carbocycles. The summed E-state index contributed by atoms with van der Waals surface area (Å²) in [5, 5.41) is 1.47. The van der Waals surface area contributed by atoms with E-state index < -0.39 is 0 Å². The molecule has 0 radical (unpaired) electrons. The molecule has 0 unspecified atom stereocenters. The maximum absolute atomic E-state index is 13.7. The Hall–Kier alpha value is -2.57. The topological polar surface area (TPSA) is 44.1 Å². The summed E-state index contributed by atoms with van der Waals surface area (Å²) in [4.78, 5) is 20.7. The summed E-state index contributed by atoms with van der Waals surface area (Å²) >= 11 is 3.22. The fourth-order valence-corrected chi connectivity index (χ4v) is 5.84. The van der Waals surface area contributed by atoms with Crippen molar-refractivity contribution in [3.8, 4) is 11.4 Å². The summed E-state index contributed by atoms with van der Waals surface area (Å²) in [6, 6.07) is 18.0. The van der Waals surface area contributed by atoms with Gasteiger partial charge in [0.1, 0.15) is 10.6 Å². The first-order valence-electron chi connectivity index (χ1n) is 11.1. The van der Waals surface area contributed by atoms with Crippen LogP contribution < -0.4 is 10.3 Å². The predicted molar refractivity (Wildman–Crippen MR) is 136 cm³/mol. The number of para-hydroxylation sites is 1. The van der Waals surface area contributed by atoms with Crippen molar-refractivity contribution >= 4 is 33.3 Å². The first kappa shape index (κ1) is 22.6. The van der Waals surface area contributed by atoms with E-state index in [1.54, 1.807) is 27.7 Å². The van der Waals surface area contributed by atoms with Crippen LogP contribution in [0.25, 0.3) is 15.9 Å². The van der Waals surface area contributed by atoms with Crippen LogP contribution in [-0.4, -0.2) is 21.9 Å². The largest absolute Gasteiger partial charge is 0.493 e.